The van der Waals surface area contributed by atoms with E-state index in [4.69, 9.17) is 23.2 Å². The number of aliphatic imine (C=N–C) groups is 1. The zero-order valence-electron chi connectivity index (χ0n) is 16.7. The summed E-state index contributed by atoms with van der Waals surface area (Å²) in [4.78, 5) is 43.6. The summed E-state index contributed by atoms with van der Waals surface area (Å²) < 4.78 is 0. The summed E-state index contributed by atoms with van der Waals surface area (Å²) in [5, 5.41) is 3.18. The van der Waals surface area contributed by atoms with Gasteiger partial charge in [0.15, 0.2) is 0 Å². The van der Waals surface area contributed by atoms with Crippen molar-refractivity contribution >= 4 is 52.7 Å². The number of para-hydroxylation sites is 1. The van der Waals surface area contributed by atoms with E-state index in [2.05, 4.69) is 10.3 Å². The fourth-order valence-electron chi connectivity index (χ4n) is 3.49. The third-order valence-corrected chi connectivity index (χ3v) is 5.50. The van der Waals surface area contributed by atoms with Crippen LogP contribution in [0.3, 0.4) is 0 Å². The molecule has 0 aliphatic carbocycles. The number of nitrogens with one attached hydrogen (secondary N) is 1. The summed E-state index contributed by atoms with van der Waals surface area (Å²) in [5.41, 5.74) is 2.66. The zero-order chi connectivity index (χ0) is 22.7. The number of halogens is 2. The van der Waals surface area contributed by atoms with Gasteiger partial charge in [0.2, 0.25) is 6.17 Å². The molecule has 1 atom stereocenters. The summed E-state index contributed by atoms with van der Waals surface area (Å²) in [6, 6.07) is 20.9. The number of hydrogen-bond acceptors (Lipinski definition) is 4. The molecule has 0 aromatic heterocycles. The minimum Gasteiger partial charge on any atom is -0.322 e. The van der Waals surface area contributed by atoms with E-state index in [0.717, 1.165) is 5.56 Å². The van der Waals surface area contributed by atoms with Crippen LogP contribution in [0.1, 0.15) is 21.5 Å². The first-order chi connectivity index (χ1) is 15.5. The molecule has 0 fully saturated rings. The van der Waals surface area contributed by atoms with Crippen molar-refractivity contribution in [1.29, 1.82) is 0 Å². The highest BCUT2D eigenvalue weighted by Gasteiger charge is 2.33. The van der Waals surface area contributed by atoms with Gasteiger partial charge in [0.05, 0.1) is 28.5 Å². The highest BCUT2D eigenvalue weighted by molar-refractivity contribution is 6.36. The highest BCUT2D eigenvalue weighted by Crippen LogP contribution is 2.28. The Kier molecular flexibility index (Phi) is 6.35. The molecule has 0 spiro atoms. The second kappa shape index (κ2) is 9.34. The van der Waals surface area contributed by atoms with Gasteiger partial charge in [-0.3, -0.25) is 9.59 Å². The normalized spacial score (nSPS) is 15.4. The van der Waals surface area contributed by atoms with E-state index in [1.54, 1.807) is 12.1 Å². The van der Waals surface area contributed by atoms with Gasteiger partial charge in [-0.15, -0.1) is 0 Å². The smallest absolute Gasteiger partial charge is 0.272 e. The lowest BCUT2D eigenvalue weighted by atomic mass is 10.0. The Hall–Kier alpha value is -3.48. The minimum absolute atomic E-state index is 0.149. The number of carbonyl (C=O) groups is 3. The molecule has 4 rings (SSSR count). The van der Waals surface area contributed by atoms with Crippen LogP contribution in [0.2, 0.25) is 10.0 Å². The van der Waals surface area contributed by atoms with Crippen molar-refractivity contribution in [3.05, 3.63) is 99.5 Å². The lowest BCUT2D eigenvalue weighted by molar-refractivity contribution is -0.121. The van der Waals surface area contributed by atoms with E-state index in [9.17, 15) is 14.4 Å². The Labute approximate surface area is 194 Å². The Morgan fingerprint density at radius 1 is 1.03 bits per heavy atom. The maximum absolute atomic E-state index is 13.4. The number of anilines is 1. The quantitative estimate of drug-likeness (QED) is 0.575. The van der Waals surface area contributed by atoms with Gasteiger partial charge in [-0.05, 0) is 24.3 Å². The van der Waals surface area contributed by atoms with E-state index in [0.29, 0.717) is 28.3 Å². The predicted molar refractivity (Wildman–Crippen MR) is 125 cm³/mol. The molecular formula is C24H17Cl2N3O3. The monoisotopic (exact) mass is 465 g/mol. The number of rotatable bonds is 5. The lowest BCUT2D eigenvalue weighted by Gasteiger charge is -2.23. The molecule has 1 heterocycles. The Bertz CT molecular complexity index is 1230. The summed E-state index contributed by atoms with van der Waals surface area (Å²) >= 11 is 12.1. The van der Waals surface area contributed by atoms with Crippen LogP contribution in [0.25, 0.3) is 0 Å². The van der Waals surface area contributed by atoms with E-state index < -0.39 is 18.0 Å². The van der Waals surface area contributed by atoms with E-state index in [1.807, 2.05) is 42.5 Å². The Balaban J connectivity index is 1.81. The average Bonchev–Trinajstić information content (AvgIpc) is 2.90. The number of benzene rings is 3. The number of amides is 2. The molecule has 3 aromatic rings. The molecule has 1 aliphatic rings. The molecule has 2 amide bonds. The second-order valence-electron chi connectivity index (χ2n) is 6.98. The third kappa shape index (κ3) is 4.28. The van der Waals surface area contributed by atoms with Crippen LogP contribution >= 0.6 is 23.2 Å². The van der Waals surface area contributed by atoms with Crippen molar-refractivity contribution in [2.45, 2.75) is 6.17 Å². The SMILES string of the molecule is O=CCN1C(=O)C(NC(=O)c2ccc(Cl)cc2Cl)N=C(c2ccccc2)c2ccccc21. The van der Waals surface area contributed by atoms with Crippen LogP contribution < -0.4 is 10.2 Å². The largest absolute Gasteiger partial charge is 0.322 e. The van der Waals surface area contributed by atoms with E-state index >= 15 is 0 Å². The molecular weight excluding hydrogens is 449 g/mol. The zero-order valence-corrected chi connectivity index (χ0v) is 18.2. The fraction of sp³-hybridized carbons (Fsp3) is 0.0833. The predicted octanol–water partition coefficient (Wildman–Crippen LogP) is 4.13. The van der Waals surface area contributed by atoms with Gasteiger partial charge in [0, 0.05) is 16.1 Å². The first-order valence-corrected chi connectivity index (χ1v) is 10.5. The molecule has 3 aromatic carbocycles. The summed E-state index contributed by atoms with van der Waals surface area (Å²) in [7, 11) is 0. The van der Waals surface area contributed by atoms with Gasteiger partial charge in [-0.2, -0.15) is 0 Å². The van der Waals surface area contributed by atoms with Gasteiger partial charge in [-0.25, -0.2) is 4.99 Å². The van der Waals surface area contributed by atoms with Gasteiger partial charge in [0.1, 0.15) is 6.29 Å². The van der Waals surface area contributed by atoms with Gasteiger partial charge in [0.25, 0.3) is 11.8 Å². The summed E-state index contributed by atoms with van der Waals surface area (Å²) in [5.74, 6) is -1.12. The number of benzodiazepines with no additional fused rings is 1. The van der Waals surface area contributed by atoms with Crippen LogP contribution in [0.15, 0.2) is 77.8 Å². The maximum Gasteiger partial charge on any atom is 0.272 e. The Morgan fingerprint density at radius 2 is 1.75 bits per heavy atom. The molecule has 160 valence electrons. The molecule has 1 unspecified atom stereocenters. The van der Waals surface area contributed by atoms with Crippen molar-refractivity contribution in [1.82, 2.24) is 5.32 Å². The molecule has 6 nitrogen and oxygen atoms in total. The molecule has 32 heavy (non-hydrogen) atoms. The van der Waals surface area contributed by atoms with Crippen LogP contribution in [-0.2, 0) is 9.59 Å². The van der Waals surface area contributed by atoms with Crippen LogP contribution in [-0.4, -0.2) is 36.5 Å². The number of carbonyl (C=O) groups excluding carboxylic acids is 3. The van der Waals surface area contributed by atoms with Gasteiger partial charge < -0.3 is 15.0 Å². The molecule has 1 aliphatic heterocycles. The van der Waals surface area contributed by atoms with Crippen molar-refractivity contribution < 1.29 is 14.4 Å². The van der Waals surface area contributed by atoms with E-state index in [-0.39, 0.29) is 17.1 Å². The number of nitrogens with zero attached hydrogens (tertiary/aromatic N) is 2. The van der Waals surface area contributed by atoms with Crippen LogP contribution in [0.5, 0.6) is 0 Å². The van der Waals surface area contributed by atoms with Crippen molar-refractivity contribution in [2.75, 3.05) is 11.4 Å². The van der Waals surface area contributed by atoms with E-state index in [1.165, 1.54) is 23.1 Å². The number of fused-ring (bicyclic) bond motifs is 1. The summed E-state index contributed by atoms with van der Waals surface area (Å²) in [6.07, 6.45) is -0.631. The highest BCUT2D eigenvalue weighted by atomic mass is 35.5. The topological polar surface area (TPSA) is 78.8 Å². The first-order valence-electron chi connectivity index (χ1n) is 9.73. The minimum atomic E-state index is -1.27. The molecule has 0 bridgehead atoms. The van der Waals surface area contributed by atoms with Crippen molar-refractivity contribution in [3.63, 3.8) is 0 Å². The van der Waals surface area contributed by atoms with Gasteiger partial charge in [-0.1, -0.05) is 71.7 Å². The average molecular weight is 466 g/mol. The lowest BCUT2D eigenvalue weighted by Crippen LogP contribution is -2.48. The number of aldehydes is 1. The molecule has 1 N–H and O–H groups in total. The first kappa shape index (κ1) is 21.7. The third-order valence-electron chi connectivity index (χ3n) is 4.96. The van der Waals surface area contributed by atoms with Crippen LogP contribution in [0.4, 0.5) is 5.69 Å². The van der Waals surface area contributed by atoms with Crippen LogP contribution in [0, 0.1) is 0 Å². The maximum atomic E-state index is 13.4. The second-order valence-corrected chi connectivity index (χ2v) is 7.82. The summed E-state index contributed by atoms with van der Waals surface area (Å²) in [6.45, 7) is -0.179. The van der Waals surface area contributed by atoms with Crippen molar-refractivity contribution in [2.24, 2.45) is 4.99 Å². The molecule has 0 radical (unpaired) electrons. The number of hydrogen-bond donors (Lipinski definition) is 1. The Morgan fingerprint density at radius 3 is 2.47 bits per heavy atom. The molecule has 8 heteroatoms. The molecule has 0 saturated heterocycles. The standard InChI is InChI=1S/C24H17Cl2N3O3/c25-16-10-11-17(19(26)14-16)23(31)28-22-24(32)29(12-13-30)20-9-5-4-8-18(20)21(27-22)15-6-2-1-3-7-15/h1-11,13-14,22H,12H2,(H,28,31). The molecule has 0 saturated carbocycles. The van der Waals surface area contributed by atoms with Crippen molar-refractivity contribution in [3.8, 4) is 0 Å². The van der Waals surface area contributed by atoms with Gasteiger partial charge >= 0.3 is 0 Å². The fourth-order valence-corrected chi connectivity index (χ4v) is 3.98.